The largest absolute Gasteiger partial charge is 0.328 e. The fourth-order valence-electron chi connectivity index (χ4n) is 2.93. The molecule has 0 fully saturated rings. The summed E-state index contributed by atoms with van der Waals surface area (Å²) in [6.45, 7) is 1.90. The molecule has 0 radical (unpaired) electrons. The maximum atomic E-state index is 12.5. The quantitative estimate of drug-likeness (QED) is 0.486. The SMILES string of the molecule is Cc1cccc([N+](=O)[O-])c1NC(=O)C[NH2+][C@H](c1ccccc1)c1cccs1. The first-order valence-corrected chi connectivity index (χ1v) is 9.39. The molecular weight excluding hydrogens is 362 g/mol. The maximum absolute atomic E-state index is 12.5. The van der Waals surface area contributed by atoms with Crippen molar-refractivity contribution < 1.29 is 15.0 Å². The Hall–Kier alpha value is -3.03. The summed E-state index contributed by atoms with van der Waals surface area (Å²) in [5.41, 5.74) is 1.93. The number of nitrogens with one attached hydrogen (secondary N) is 1. The van der Waals surface area contributed by atoms with Crippen LogP contribution in [-0.2, 0) is 4.79 Å². The molecule has 138 valence electrons. The van der Waals surface area contributed by atoms with E-state index < -0.39 is 4.92 Å². The number of nitrogens with two attached hydrogens (primary N) is 1. The van der Waals surface area contributed by atoms with Gasteiger partial charge in [-0.2, -0.15) is 0 Å². The van der Waals surface area contributed by atoms with Gasteiger partial charge in [0.1, 0.15) is 11.7 Å². The Morgan fingerprint density at radius 1 is 1.15 bits per heavy atom. The lowest BCUT2D eigenvalue weighted by Crippen LogP contribution is -2.87. The third kappa shape index (κ3) is 4.58. The molecule has 3 aromatic rings. The minimum Gasteiger partial charge on any atom is -0.328 e. The number of aryl methyl sites for hydroxylation is 1. The average Bonchev–Trinajstić information content (AvgIpc) is 3.18. The van der Waals surface area contributed by atoms with Crippen LogP contribution in [0.4, 0.5) is 11.4 Å². The zero-order valence-electron chi connectivity index (χ0n) is 14.8. The number of amides is 1. The van der Waals surface area contributed by atoms with Crippen molar-refractivity contribution in [1.82, 2.24) is 0 Å². The van der Waals surface area contributed by atoms with Crippen molar-refractivity contribution in [2.75, 3.05) is 11.9 Å². The van der Waals surface area contributed by atoms with E-state index in [1.807, 2.05) is 53.2 Å². The van der Waals surface area contributed by atoms with Crippen molar-refractivity contribution in [3.63, 3.8) is 0 Å². The monoisotopic (exact) mass is 382 g/mol. The predicted octanol–water partition coefficient (Wildman–Crippen LogP) is 3.26. The zero-order valence-corrected chi connectivity index (χ0v) is 15.6. The first kappa shape index (κ1) is 18.8. The fraction of sp³-hybridized carbons (Fsp3) is 0.150. The lowest BCUT2D eigenvalue weighted by Gasteiger charge is -2.15. The molecule has 6 nitrogen and oxygen atoms in total. The van der Waals surface area contributed by atoms with E-state index in [4.69, 9.17) is 0 Å². The number of carbonyl (C=O) groups excluding carboxylic acids is 1. The molecule has 0 saturated carbocycles. The number of rotatable bonds is 7. The summed E-state index contributed by atoms with van der Waals surface area (Å²) in [5, 5.41) is 17.9. The molecule has 7 heteroatoms. The summed E-state index contributed by atoms with van der Waals surface area (Å²) in [6, 6.07) is 18.7. The first-order valence-electron chi connectivity index (χ1n) is 8.52. The van der Waals surface area contributed by atoms with Crippen LogP contribution in [0.5, 0.6) is 0 Å². The number of hydrogen-bond acceptors (Lipinski definition) is 4. The van der Waals surface area contributed by atoms with E-state index in [-0.39, 0.29) is 29.9 Å². The molecule has 27 heavy (non-hydrogen) atoms. The van der Waals surface area contributed by atoms with E-state index in [0.717, 1.165) is 10.4 Å². The van der Waals surface area contributed by atoms with Crippen molar-refractivity contribution in [3.8, 4) is 0 Å². The smallest absolute Gasteiger partial charge is 0.293 e. The Bertz CT molecular complexity index is 927. The summed E-state index contributed by atoms with van der Waals surface area (Å²) in [5.74, 6) is -0.273. The highest BCUT2D eigenvalue weighted by molar-refractivity contribution is 7.10. The minimum absolute atomic E-state index is 0.00352. The second kappa shape index (κ2) is 8.57. The van der Waals surface area contributed by atoms with Gasteiger partial charge in [-0.1, -0.05) is 48.5 Å². The van der Waals surface area contributed by atoms with Crippen molar-refractivity contribution in [3.05, 3.63) is 92.2 Å². The lowest BCUT2D eigenvalue weighted by atomic mass is 10.1. The number of hydrogen-bond donors (Lipinski definition) is 2. The van der Waals surface area contributed by atoms with Gasteiger partial charge in [0, 0.05) is 11.6 Å². The molecule has 1 aromatic heterocycles. The van der Waals surface area contributed by atoms with Gasteiger partial charge in [-0.25, -0.2) is 0 Å². The Labute approximate surface area is 161 Å². The lowest BCUT2D eigenvalue weighted by molar-refractivity contribution is -0.675. The van der Waals surface area contributed by atoms with Crippen molar-refractivity contribution in [1.29, 1.82) is 0 Å². The Balaban J connectivity index is 1.74. The molecule has 0 aliphatic rings. The molecule has 0 aliphatic carbocycles. The van der Waals surface area contributed by atoms with Gasteiger partial charge < -0.3 is 10.6 Å². The second-order valence-electron chi connectivity index (χ2n) is 6.12. The van der Waals surface area contributed by atoms with E-state index in [2.05, 4.69) is 5.32 Å². The van der Waals surface area contributed by atoms with E-state index in [0.29, 0.717) is 5.56 Å². The molecule has 3 N–H and O–H groups in total. The number of carbonyl (C=O) groups is 1. The van der Waals surface area contributed by atoms with Gasteiger partial charge in [-0.3, -0.25) is 14.9 Å². The number of quaternary nitrogens is 1. The van der Waals surface area contributed by atoms with Crippen molar-refractivity contribution >= 4 is 28.6 Å². The second-order valence-corrected chi connectivity index (χ2v) is 7.10. The van der Waals surface area contributed by atoms with E-state index in [9.17, 15) is 14.9 Å². The van der Waals surface area contributed by atoms with Gasteiger partial charge in [0.15, 0.2) is 6.54 Å². The normalized spacial score (nSPS) is 11.7. The number of para-hydroxylation sites is 1. The summed E-state index contributed by atoms with van der Waals surface area (Å²) >= 11 is 1.64. The van der Waals surface area contributed by atoms with Crippen LogP contribution in [0, 0.1) is 17.0 Å². The molecular formula is C20H20N3O3S+. The van der Waals surface area contributed by atoms with Crippen LogP contribution in [0.1, 0.15) is 22.0 Å². The van der Waals surface area contributed by atoms with Crippen LogP contribution in [0.25, 0.3) is 0 Å². The van der Waals surface area contributed by atoms with E-state index in [1.54, 1.807) is 30.4 Å². The molecule has 0 saturated heterocycles. The van der Waals surface area contributed by atoms with Crippen LogP contribution in [0.3, 0.4) is 0 Å². The highest BCUT2D eigenvalue weighted by Crippen LogP contribution is 2.27. The number of benzene rings is 2. The summed E-state index contributed by atoms with van der Waals surface area (Å²) in [7, 11) is 0. The predicted molar refractivity (Wildman–Crippen MR) is 106 cm³/mol. The molecule has 3 rings (SSSR count). The molecule has 1 amide bonds. The van der Waals surface area contributed by atoms with Crippen molar-refractivity contribution in [2.45, 2.75) is 13.0 Å². The van der Waals surface area contributed by atoms with Crippen LogP contribution in [0.15, 0.2) is 66.0 Å². The van der Waals surface area contributed by atoms with E-state index >= 15 is 0 Å². The Kier molecular flexibility index (Phi) is 5.95. The van der Waals surface area contributed by atoms with Gasteiger partial charge in [0.05, 0.1) is 9.80 Å². The number of nitro groups is 1. The number of nitro benzene ring substituents is 1. The average molecular weight is 382 g/mol. The highest BCUT2D eigenvalue weighted by atomic mass is 32.1. The van der Waals surface area contributed by atoms with Crippen LogP contribution < -0.4 is 10.6 Å². The molecule has 0 aliphatic heterocycles. The van der Waals surface area contributed by atoms with Gasteiger partial charge in [-0.15, -0.1) is 11.3 Å². The van der Waals surface area contributed by atoms with Gasteiger partial charge >= 0.3 is 0 Å². The fourth-order valence-corrected chi connectivity index (χ4v) is 3.78. The van der Waals surface area contributed by atoms with Crippen LogP contribution in [0.2, 0.25) is 0 Å². The van der Waals surface area contributed by atoms with E-state index in [1.165, 1.54) is 6.07 Å². The molecule has 2 aromatic carbocycles. The van der Waals surface area contributed by atoms with Gasteiger partial charge in [0.2, 0.25) is 0 Å². The maximum Gasteiger partial charge on any atom is 0.293 e. The standard InChI is InChI=1S/C20H19N3O3S/c1-14-7-5-10-16(23(25)26)19(14)22-18(24)13-21-20(17-11-6-12-27-17)15-8-3-2-4-9-15/h2-12,20-21H,13H2,1H3,(H,22,24)/p+1/t20-/m1/s1. The van der Waals surface area contributed by atoms with Gasteiger partial charge in [0.25, 0.3) is 11.6 Å². The van der Waals surface area contributed by atoms with Crippen LogP contribution in [-0.4, -0.2) is 17.4 Å². The summed E-state index contributed by atoms with van der Waals surface area (Å²) in [4.78, 5) is 24.4. The summed E-state index contributed by atoms with van der Waals surface area (Å²) in [6.07, 6.45) is 0. The Morgan fingerprint density at radius 3 is 2.59 bits per heavy atom. The molecule has 1 atom stereocenters. The first-order chi connectivity index (χ1) is 13.1. The number of thiophene rings is 1. The van der Waals surface area contributed by atoms with Crippen molar-refractivity contribution in [2.24, 2.45) is 0 Å². The zero-order chi connectivity index (χ0) is 19.2. The highest BCUT2D eigenvalue weighted by Gasteiger charge is 2.22. The van der Waals surface area contributed by atoms with Crippen LogP contribution >= 0.6 is 11.3 Å². The van der Waals surface area contributed by atoms with Gasteiger partial charge in [-0.05, 0) is 23.9 Å². The number of anilines is 1. The minimum atomic E-state index is -0.481. The molecule has 0 bridgehead atoms. The molecule has 0 spiro atoms. The Morgan fingerprint density at radius 2 is 1.93 bits per heavy atom. The third-order valence-electron chi connectivity index (χ3n) is 4.26. The summed E-state index contributed by atoms with van der Waals surface area (Å²) < 4.78 is 0. The molecule has 1 heterocycles. The topological polar surface area (TPSA) is 88.9 Å². The third-order valence-corrected chi connectivity index (χ3v) is 5.21. The molecule has 0 unspecified atom stereocenters. The number of nitrogens with zero attached hydrogens (tertiary/aromatic N) is 1.